The number of benzene rings is 1. The van der Waals surface area contributed by atoms with Gasteiger partial charge in [-0.05, 0) is 30.2 Å². The number of aromatic nitrogens is 1. The molecule has 0 saturated carbocycles. The molecule has 1 N–H and O–H groups in total. The average molecular weight is 256 g/mol. The Bertz CT molecular complexity index is 705. The van der Waals surface area contributed by atoms with Gasteiger partial charge in [0.15, 0.2) is 11.5 Å². The molecular formula is C14H9FN2O2. The molecule has 0 saturated heterocycles. The van der Waals surface area contributed by atoms with Crippen LogP contribution in [-0.2, 0) is 0 Å². The number of rotatable bonds is 2. The van der Waals surface area contributed by atoms with Gasteiger partial charge in [0.1, 0.15) is 5.69 Å². The van der Waals surface area contributed by atoms with E-state index in [2.05, 4.69) is 9.83 Å². The molecule has 2 aromatic rings. The fourth-order valence-electron chi connectivity index (χ4n) is 1.69. The monoisotopic (exact) mass is 256 g/mol. The van der Waals surface area contributed by atoms with E-state index in [1.807, 2.05) is 0 Å². The van der Waals surface area contributed by atoms with E-state index >= 15 is 0 Å². The molecule has 2 rings (SSSR count). The summed E-state index contributed by atoms with van der Waals surface area (Å²) in [6.45, 7) is 8.80. The standard InChI is InChI=1S/C14H9FN2O2/c1-8-3-4-9(7-11(8)16-2)13-12(15)10(14(18)19)5-6-17-13/h3-7H,1H3,(H,18,19). The molecule has 0 fully saturated rings. The van der Waals surface area contributed by atoms with Crippen LogP contribution in [0, 0.1) is 19.3 Å². The Morgan fingerprint density at radius 2 is 2.16 bits per heavy atom. The Morgan fingerprint density at radius 3 is 2.79 bits per heavy atom. The van der Waals surface area contributed by atoms with Crippen LogP contribution in [0.4, 0.5) is 10.1 Å². The Balaban J connectivity index is 2.63. The number of nitrogens with zero attached hydrogens (tertiary/aromatic N) is 2. The molecule has 5 heteroatoms. The van der Waals surface area contributed by atoms with Crippen molar-refractivity contribution in [3.8, 4) is 11.3 Å². The summed E-state index contributed by atoms with van der Waals surface area (Å²) in [7, 11) is 0. The number of halogens is 1. The van der Waals surface area contributed by atoms with Crippen LogP contribution in [-0.4, -0.2) is 16.1 Å². The maximum absolute atomic E-state index is 14.0. The first kappa shape index (κ1) is 12.7. The van der Waals surface area contributed by atoms with E-state index in [1.165, 1.54) is 12.3 Å². The maximum atomic E-state index is 14.0. The number of carbonyl (C=O) groups is 1. The normalized spacial score (nSPS) is 9.95. The second-order valence-electron chi connectivity index (χ2n) is 3.94. The van der Waals surface area contributed by atoms with Crippen molar-refractivity contribution in [2.45, 2.75) is 6.92 Å². The SMILES string of the molecule is [C-]#[N+]c1cc(-c2nccc(C(=O)O)c2F)ccc1C. The number of pyridine rings is 1. The van der Waals surface area contributed by atoms with Crippen molar-refractivity contribution in [3.05, 3.63) is 58.8 Å². The molecule has 0 aliphatic heterocycles. The summed E-state index contributed by atoms with van der Waals surface area (Å²) in [4.78, 5) is 18.0. The Hall–Kier alpha value is -2.74. The second kappa shape index (κ2) is 4.86. The molecule has 0 atom stereocenters. The molecule has 0 spiro atoms. The molecule has 0 amide bonds. The first-order valence-electron chi connectivity index (χ1n) is 5.41. The van der Waals surface area contributed by atoms with Crippen LogP contribution in [0.1, 0.15) is 15.9 Å². The van der Waals surface area contributed by atoms with E-state index in [4.69, 9.17) is 11.7 Å². The number of aromatic carboxylic acids is 1. The molecule has 0 aliphatic carbocycles. The highest BCUT2D eigenvalue weighted by Gasteiger charge is 2.16. The van der Waals surface area contributed by atoms with Crippen LogP contribution in [0.3, 0.4) is 0 Å². The summed E-state index contributed by atoms with van der Waals surface area (Å²) in [6, 6.07) is 5.89. The van der Waals surface area contributed by atoms with Gasteiger partial charge in [-0.3, -0.25) is 4.98 Å². The summed E-state index contributed by atoms with van der Waals surface area (Å²) in [5.74, 6) is -2.24. The van der Waals surface area contributed by atoms with E-state index in [1.54, 1.807) is 19.1 Å². The first-order chi connectivity index (χ1) is 9.04. The number of hydrogen-bond acceptors (Lipinski definition) is 2. The lowest BCUT2D eigenvalue weighted by Gasteiger charge is -2.06. The number of aryl methyl sites for hydroxylation is 1. The lowest BCUT2D eigenvalue weighted by molar-refractivity contribution is 0.0692. The minimum atomic E-state index is -1.35. The highest BCUT2D eigenvalue weighted by atomic mass is 19.1. The molecule has 1 aromatic carbocycles. The third-order valence-corrected chi connectivity index (χ3v) is 2.72. The van der Waals surface area contributed by atoms with E-state index in [-0.39, 0.29) is 5.69 Å². The van der Waals surface area contributed by atoms with E-state index < -0.39 is 17.3 Å². The average Bonchev–Trinajstić information content (AvgIpc) is 2.39. The van der Waals surface area contributed by atoms with Gasteiger partial charge >= 0.3 is 5.97 Å². The fraction of sp³-hybridized carbons (Fsp3) is 0.0714. The van der Waals surface area contributed by atoms with Gasteiger partial charge in [0.2, 0.25) is 0 Å². The molecule has 1 heterocycles. The summed E-state index contributed by atoms with van der Waals surface area (Å²) >= 11 is 0. The Morgan fingerprint density at radius 1 is 1.42 bits per heavy atom. The van der Waals surface area contributed by atoms with E-state index in [9.17, 15) is 9.18 Å². The van der Waals surface area contributed by atoms with Gasteiger partial charge in [0, 0.05) is 6.20 Å². The molecule has 19 heavy (non-hydrogen) atoms. The van der Waals surface area contributed by atoms with Crippen LogP contribution >= 0.6 is 0 Å². The van der Waals surface area contributed by atoms with E-state index in [0.29, 0.717) is 11.3 Å². The zero-order chi connectivity index (χ0) is 14.0. The van der Waals surface area contributed by atoms with Gasteiger partial charge in [-0.1, -0.05) is 12.1 Å². The quantitative estimate of drug-likeness (QED) is 0.837. The van der Waals surface area contributed by atoms with Crippen LogP contribution < -0.4 is 0 Å². The molecule has 4 nitrogen and oxygen atoms in total. The van der Waals surface area contributed by atoms with Gasteiger partial charge in [0.05, 0.1) is 12.1 Å². The van der Waals surface area contributed by atoms with Crippen molar-refractivity contribution in [2.75, 3.05) is 0 Å². The van der Waals surface area contributed by atoms with Crippen molar-refractivity contribution in [3.63, 3.8) is 0 Å². The van der Waals surface area contributed by atoms with Gasteiger partial charge in [0.25, 0.3) is 0 Å². The highest BCUT2D eigenvalue weighted by molar-refractivity contribution is 5.89. The third-order valence-electron chi connectivity index (χ3n) is 2.72. The van der Waals surface area contributed by atoms with Gasteiger partial charge < -0.3 is 5.11 Å². The van der Waals surface area contributed by atoms with Gasteiger partial charge in [-0.25, -0.2) is 14.0 Å². The predicted molar refractivity (Wildman–Crippen MR) is 67.6 cm³/mol. The van der Waals surface area contributed by atoms with Crippen LogP contribution in [0.25, 0.3) is 16.1 Å². The summed E-state index contributed by atoms with van der Waals surface area (Å²) < 4.78 is 14.0. The van der Waals surface area contributed by atoms with Gasteiger partial charge in [-0.2, -0.15) is 0 Å². The summed E-state index contributed by atoms with van der Waals surface area (Å²) in [6.07, 6.45) is 1.24. The highest BCUT2D eigenvalue weighted by Crippen LogP contribution is 2.28. The smallest absolute Gasteiger partial charge is 0.338 e. The number of hydrogen-bond donors (Lipinski definition) is 1. The second-order valence-corrected chi connectivity index (χ2v) is 3.94. The summed E-state index contributed by atoms with van der Waals surface area (Å²) in [5.41, 5.74) is 1.05. The molecule has 0 unspecified atom stereocenters. The van der Waals surface area contributed by atoms with E-state index in [0.717, 1.165) is 11.6 Å². The first-order valence-corrected chi connectivity index (χ1v) is 5.41. The maximum Gasteiger partial charge on any atom is 0.338 e. The topological polar surface area (TPSA) is 54.5 Å². The predicted octanol–water partition coefficient (Wildman–Crippen LogP) is 3.45. The fourth-order valence-corrected chi connectivity index (χ4v) is 1.69. The van der Waals surface area contributed by atoms with Crippen molar-refractivity contribution < 1.29 is 14.3 Å². The summed E-state index contributed by atoms with van der Waals surface area (Å²) in [5, 5.41) is 8.87. The lowest BCUT2D eigenvalue weighted by Crippen LogP contribution is -2.03. The van der Waals surface area contributed by atoms with Crippen molar-refractivity contribution in [1.29, 1.82) is 0 Å². The Labute approximate surface area is 109 Å². The third kappa shape index (κ3) is 2.29. The van der Waals surface area contributed by atoms with Crippen molar-refractivity contribution in [2.24, 2.45) is 0 Å². The molecular weight excluding hydrogens is 247 g/mol. The van der Waals surface area contributed by atoms with Crippen LogP contribution in [0.2, 0.25) is 0 Å². The van der Waals surface area contributed by atoms with Crippen molar-refractivity contribution in [1.82, 2.24) is 4.98 Å². The molecule has 0 aliphatic rings. The largest absolute Gasteiger partial charge is 0.478 e. The van der Waals surface area contributed by atoms with Gasteiger partial charge in [-0.15, -0.1) is 0 Å². The number of carboxylic acids is 1. The van der Waals surface area contributed by atoms with Crippen LogP contribution in [0.5, 0.6) is 0 Å². The molecule has 1 aromatic heterocycles. The Kier molecular flexibility index (Phi) is 3.25. The number of carboxylic acid groups (broad SMARTS) is 1. The van der Waals surface area contributed by atoms with Crippen molar-refractivity contribution >= 4 is 11.7 Å². The zero-order valence-electron chi connectivity index (χ0n) is 10.0. The minimum absolute atomic E-state index is 0.0650. The molecule has 0 bridgehead atoms. The lowest BCUT2D eigenvalue weighted by atomic mass is 10.0. The molecule has 94 valence electrons. The zero-order valence-corrected chi connectivity index (χ0v) is 10.0. The minimum Gasteiger partial charge on any atom is -0.478 e. The van der Waals surface area contributed by atoms with Crippen LogP contribution in [0.15, 0.2) is 30.5 Å². The molecule has 0 radical (unpaired) electrons.